The molecule has 0 aliphatic carbocycles. The fourth-order valence-corrected chi connectivity index (χ4v) is 3.40. The molecule has 7 heteroatoms. The van der Waals surface area contributed by atoms with Crippen molar-refractivity contribution in [3.8, 4) is 0 Å². The Morgan fingerprint density at radius 3 is 1.64 bits per heavy atom. The van der Waals surface area contributed by atoms with Gasteiger partial charge in [-0.2, -0.15) is 0 Å². The number of carbonyl (C=O) groups is 3. The van der Waals surface area contributed by atoms with Crippen LogP contribution in [0.5, 0.6) is 0 Å². The largest absolute Gasteiger partial charge is 0.459 e. The maximum Gasteiger partial charge on any atom is 0.338 e. The summed E-state index contributed by atoms with van der Waals surface area (Å²) in [6.07, 6.45) is -2.60. The van der Waals surface area contributed by atoms with Crippen LogP contribution >= 0.6 is 0 Å². The molecule has 1 aliphatic rings. The molecule has 168 valence electrons. The lowest BCUT2D eigenvalue weighted by molar-refractivity contribution is -0.0433. The molecule has 0 aromatic heterocycles. The minimum absolute atomic E-state index is 0.00113. The van der Waals surface area contributed by atoms with E-state index in [-0.39, 0.29) is 13.2 Å². The number of benzene rings is 3. The Balaban J connectivity index is 1.46. The molecule has 1 aliphatic heterocycles. The molecule has 1 fully saturated rings. The van der Waals surface area contributed by atoms with Crippen molar-refractivity contribution in [2.75, 3.05) is 13.2 Å². The van der Waals surface area contributed by atoms with Crippen LogP contribution in [-0.4, -0.2) is 49.4 Å². The molecule has 3 aromatic rings. The first-order chi connectivity index (χ1) is 16.1. The summed E-state index contributed by atoms with van der Waals surface area (Å²) in [6.45, 7) is -0.168. The molecule has 1 heterocycles. The van der Waals surface area contributed by atoms with E-state index in [0.29, 0.717) is 16.7 Å². The minimum Gasteiger partial charge on any atom is -0.459 e. The second-order valence-corrected chi connectivity index (χ2v) is 7.38. The van der Waals surface area contributed by atoms with Gasteiger partial charge in [-0.15, -0.1) is 0 Å². The molecule has 3 atom stereocenters. The number of rotatable bonds is 7. The summed E-state index contributed by atoms with van der Waals surface area (Å²) < 4.78 is 22.3. The van der Waals surface area contributed by atoms with Gasteiger partial charge in [0, 0.05) is 0 Å². The predicted octanol–water partition coefficient (Wildman–Crippen LogP) is 3.69. The van der Waals surface area contributed by atoms with Crippen molar-refractivity contribution in [3.05, 3.63) is 108 Å². The fourth-order valence-electron chi connectivity index (χ4n) is 3.40. The lowest BCUT2D eigenvalue weighted by Gasteiger charge is -2.23. The van der Waals surface area contributed by atoms with Crippen LogP contribution in [0.15, 0.2) is 91.0 Å². The third-order valence-corrected chi connectivity index (χ3v) is 5.12. The molecule has 0 amide bonds. The highest BCUT2D eigenvalue weighted by molar-refractivity contribution is 5.90. The van der Waals surface area contributed by atoms with E-state index < -0.39 is 36.2 Å². The van der Waals surface area contributed by atoms with Gasteiger partial charge in [0.05, 0.1) is 23.3 Å². The summed E-state index contributed by atoms with van der Waals surface area (Å²) in [4.78, 5) is 37.6. The molecule has 4 rings (SSSR count). The van der Waals surface area contributed by atoms with Crippen LogP contribution < -0.4 is 0 Å². The molecular formula is C26H22O7. The highest BCUT2D eigenvalue weighted by Crippen LogP contribution is 2.24. The van der Waals surface area contributed by atoms with Crippen LogP contribution in [0.3, 0.4) is 0 Å². The van der Waals surface area contributed by atoms with Crippen molar-refractivity contribution in [1.82, 2.24) is 0 Å². The first kappa shape index (κ1) is 22.2. The van der Waals surface area contributed by atoms with Crippen molar-refractivity contribution < 1.29 is 33.3 Å². The summed E-state index contributed by atoms with van der Waals surface area (Å²) >= 11 is 0. The van der Waals surface area contributed by atoms with E-state index in [1.54, 1.807) is 91.0 Å². The van der Waals surface area contributed by atoms with Gasteiger partial charge in [-0.3, -0.25) is 0 Å². The van der Waals surface area contributed by atoms with E-state index in [2.05, 4.69) is 0 Å². The van der Waals surface area contributed by atoms with Gasteiger partial charge >= 0.3 is 17.9 Å². The molecule has 7 nitrogen and oxygen atoms in total. The van der Waals surface area contributed by atoms with Crippen molar-refractivity contribution >= 4 is 17.9 Å². The van der Waals surface area contributed by atoms with E-state index in [9.17, 15) is 14.4 Å². The molecule has 33 heavy (non-hydrogen) atoms. The minimum atomic E-state index is -0.950. The van der Waals surface area contributed by atoms with Crippen molar-refractivity contribution in [2.24, 2.45) is 0 Å². The second kappa shape index (κ2) is 10.6. The fraction of sp³-hybridized carbons (Fsp3) is 0.192. The smallest absolute Gasteiger partial charge is 0.338 e. The van der Waals surface area contributed by atoms with Gasteiger partial charge in [-0.1, -0.05) is 54.6 Å². The SMILES string of the molecule is O=C(OC[C@H]1OCC(OC(=O)c2ccccc2)[C@@H]1OC(=O)c1ccccc1)c1ccccc1. The van der Waals surface area contributed by atoms with E-state index in [1.807, 2.05) is 0 Å². The van der Waals surface area contributed by atoms with Gasteiger partial charge < -0.3 is 18.9 Å². The van der Waals surface area contributed by atoms with Crippen LogP contribution in [0.25, 0.3) is 0 Å². The lowest BCUT2D eigenvalue weighted by atomic mass is 10.1. The molecular weight excluding hydrogens is 424 g/mol. The van der Waals surface area contributed by atoms with Crippen LogP contribution in [0.4, 0.5) is 0 Å². The number of hydrogen-bond donors (Lipinski definition) is 0. The Labute approximate surface area is 190 Å². The van der Waals surface area contributed by atoms with E-state index in [0.717, 1.165) is 0 Å². The highest BCUT2D eigenvalue weighted by Gasteiger charge is 2.44. The third-order valence-electron chi connectivity index (χ3n) is 5.12. The first-order valence-corrected chi connectivity index (χ1v) is 10.5. The van der Waals surface area contributed by atoms with Gasteiger partial charge in [0.25, 0.3) is 0 Å². The Hall–Kier alpha value is -3.97. The number of ether oxygens (including phenoxy) is 4. The second-order valence-electron chi connectivity index (χ2n) is 7.38. The standard InChI is InChI=1S/C26H22O7/c27-24(18-10-4-1-5-11-18)31-16-21-23(33-26(29)20-14-8-3-9-15-20)22(17-30-21)32-25(28)19-12-6-2-7-13-19/h1-15,21-23H,16-17H2/t21-,22?,23-/m1/s1. The summed E-state index contributed by atoms with van der Waals surface area (Å²) in [5, 5.41) is 0. The van der Waals surface area contributed by atoms with Crippen LogP contribution in [-0.2, 0) is 18.9 Å². The van der Waals surface area contributed by atoms with Gasteiger partial charge in [0.1, 0.15) is 12.7 Å². The Kier molecular flexibility index (Phi) is 7.12. The zero-order valence-corrected chi connectivity index (χ0v) is 17.7. The summed E-state index contributed by atoms with van der Waals surface area (Å²) in [5.41, 5.74) is 1.10. The molecule has 1 unspecified atom stereocenters. The Bertz CT molecular complexity index is 1080. The lowest BCUT2D eigenvalue weighted by Crippen LogP contribution is -2.40. The van der Waals surface area contributed by atoms with Crippen molar-refractivity contribution in [2.45, 2.75) is 18.3 Å². The van der Waals surface area contributed by atoms with Gasteiger partial charge in [0.2, 0.25) is 0 Å². The predicted molar refractivity (Wildman–Crippen MR) is 118 cm³/mol. The number of carbonyl (C=O) groups excluding carboxylic acids is 3. The van der Waals surface area contributed by atoms with Crippen LogP contribution in [0, 0.1) is 0 Å². The maximum atomic E-state index is 12.7. The molecule has 1 saturated heterocycles. The summed E-state index contributed by atoms with van der Waals surface area (Å²) in [7, 11) is 0. The van der Waals surface area contributed by atoms with Gasteiger partial charge in [-0.25, -0.2) is 14.4 Å². The average Bonchev–Trinajstić information content (AvgIpc) is 3.24. The maximum absolute atomic E-state index is 12.7. The first-order valence-electron chi connectivity index (χ1n) is 10.5. The number of hydrogen-bond acceptors (Lipinski definition) is 7. The summed E-state index contributed by atoms with van der Waals surface area (Å²) in [6, 6.07) is 25.5. The summed E-state index contributed by atoms with van der Waals surface area (Å²) in [5.74, 6) is -1.68. The molecule has 0 spiro atoms. The molecule has 0 bridgehead atoms. The zero-order chi connectivity index (χ0) is 23.0. The van der Waals surface area contributed by atoms with Gasteiger partial charge in [0.15, 0.2) is 12.2 Å². The van der Waals surface area contributed by atoms with Gasteiger partial charge in [-0.05, 0) is 36.4 Å². The monoisotopic (exact) mass is 446 g/mol. The highest BCUT2D eigenvalue weighted by atomic mass is 16.6. The van der Waals surface area contributed by atoms with Crippen molar-refractivity contribution in [1.29, 1.82) is 0 Å². The zero-order valence-electron chi connectivity index (χ0n) is 17.7. The van der Waals surface area contributed by atoms with Crippen LogP contribution in [0.1, 0.15) is 31.1 Å². The Morgan fingerprint density at radius 2 is 1.12 bits per heavy atom. The third kappa shape index (κ3) is 5.64. The number of esters is 3. The molecule has 0 saturated carbocycles. The van der Waals surface area contributed by atoms with E-state index >= 15 is 0 Å². The van der Waals surface area contributed by atoms with E-state index in [1.165, 1.54) is 0 Å². The average molecular weight is 446 g/mol. The van der Waals surface area contributed by atoms with Crippen molar-refractivity contribution in [3.63, 3.8) is 0 Å². The molecule has 0 radical (unpaired) electrons. The van der Waals surface area contributed by atoms with Crippen LogP contribution in [0.2, 0.25) is 0 Å². The quantitative estimate of drug-likeness (QED) is 0.404. The molecule has 0 N–H and O–H groups in total. The normalized spacial score (nSPS) is 19.5. The molecule has 3 aromatic carbocycles. The topological polar surface area (TPSA) is 88.1 Å². The van der Waals surface area contributed by atoms with E-state index in [4.69, 9.17) is 18.9 Å². The Morgan fingerprint density at radius 1 is 0.667 bits per heavy atom.